The van der Waals surface area contributed by atoms with Crippen molar-refractivity contribution in [3.05, 3.63) is 64.6 Å². The minimum atomic E-state index is -0.523. The van der Waals surface area contributed by atoms with Crippen LogP contribution in [0.1, 0.15) is 30.3 Å². The molecule has 1 saturated heterocycles. The minimum absolute atomic E-state index is 0.0757. The Bertz CT molecular complexity index is 1240. The van der Waals surface area contributed by atoms with E-state index in [1.165, 1.54) is 4.68 Å². The maximum atomic E-state index is 13.1. The summed E-state index contributed by atoms with van der Waals surface area (Å²) in [7, 11) is 1.56. The molecule has 0 radical (unpaired) electrons. The van der Waals surface area contributed by atoms with E-state index >= 15 is 0 Å². The van der Waals surface area contributed by atoms with Gasteiger partial charge in [0.2, 0.25) is 5.91 Å². The van der Waals surface area contributed by atoms with Gasteiger partial charge in [0.05, 0.1) is 24.7 Å². The average molecular weight is 464 g/mol. The summed E-state index contributed by atoms with van der Waals surface area (Å²) in [5, 5.41) is 10.7. The van der Waals surface area contributed by atoms with Gasteiger partial charge in [-0.3, -0.25) is 19.3 Å². The molecule has 9 nitrogen and oxygen atoms in total. The predicted octanol–water partition coefficient (Wildman–Crippen LogP) is 1.72. The van der Waals surface area contributed by atoms with Gasteiger partial charge >= 0.3 is 0 Å². The summed E-state index contributed by atoms with van der Waals surface area (Å²) >= 11 is 0. The molecule has 4 rings (SSSR count). The van der Waals surface area contributed by atoms with Crippen molar-refractivity contribution in [2.45, 2.75) is 25.8 Å². The van der Waals surface area contributed by atoms with Crippen LogP contribution in [0.5, 0.6) is 5.75 Å². The lowest BCUT2D eigenvalue weighted by Gasteiger charge is -2.22. The third-order valence-corrected chi connectivity index (χ3v) is 6.19. The van der Waals surface area contributed by atoms with Gasteiger partial charge in [0.15, 0.2) is 5.69 Å². The second-order valence-corrected chi connectivity index (χ2v) is 8.22. The van der Waals surface area contributed by atoms with E-state index in [1.54, 1.807) is 55.6 Å². The van der Waals surface area contributed by atoms with Gasteiger partial charge in [-0.15, -0.1) is 0 Å². The molecule has 9 heteroatoms. The van der Waals surface area contributed by atoms with E-state index in [9.17, 15) is 14.4 Å². The number of hydrogen-bond acceptors (Lipinski definition) is 6. The highest BCUT2D eigenvalue weighted by molar-refractivity contribution is 6.05. The summed E-state index contributed by atoms with van der Waals surface area (Å²) < 4.78 is 6.36. The number of carbonyl (C=O) groups is 2. The number of aromatic nitrogens is 2. The van der Waals surface area contributed by atoms with Crippen LogP contribution in [0, 0.1) is 0 Å². The number of hydrogen-bond donors (Lipinski definition) is 2. The van der Waals surface area contributed by atoms with E-state index in [0.717, 1.165) is 25.9 Å². The van der Waals surface area contributed by atoms with Crippen LogP contribution in [0.4, 0.5) is 0 Å². The molecule has 2 heterocycles. The second-order valence-electron chi connectivity index (χ2n) is 8.22. The Labute approximate surface area is 197 Å². The predicted molar refractivity (Wildman–Crippen MR) is 130 cm³/mol. The zero-order chi connectivity index (χ0) is 24.1. The molecule has 3 aromatic rings. The number of likely N-dealkylation sites (N-methyl/N-ethyl adjacent to an activating group) is 1. The van der Waals surface area contributed by atoms with Crippen molar-refractivity contribution in [1.82, 2.24) is 25.3 Å². The summed E-state index contributed by atoms with van der Waals surface area (Å²) in [6.07, 6.45) is 2.19. The largest absolute Gasteiger partial charge is 0.497 e. The molecule has 0 bridgehead atoms. The third kappa shape index (κ3) is 4.94. The number of amides is 2. The molecule has 34 heavy (non-hydrogen) atoms. The molecule has 1 atom stereocenters. The fraction of sp³-hybridized carbons (Fsp3) is 0.360. The molecule has 1 aromatic heterocycles. The maximum absolute atomic E-state index is 13.1. The molecule has 1 aliphatic rings. The van der Waals surface area contributed by atoms with E-state index in [-0.39, 0.29) is 23.7 Å². The molecule has 0 unspecified atom stereocenters. The Morgan fingerprint density at radius 1 is 1.09 bits per heavy atom. The fourth-order valence-electron chi connectivity index (χ4n) is 4.34. The molecule has 2 N–H and O–H groups in total. The highest BCUT2D eigenvalue weighted by Crippen LogP contribution is 2.18. The summed E-state index contributed by atoms with van der Waals surface area (Å²) in [4.78, 5) is 40.8. The first-order chi connectivity index (χ1) is 16.5. The molecule has 2 aromatic carbocycles. The van der Waals surface area contributed by atoms with E-state index in [0.29, 0.717) is 34.8 Å². The summed E-state index contributed by atoms with van der Waals surface area (Å²) in [6.45, 7) is 4.51. The molecule has 1 aliphatic heterocycles. The smallest absolute Gasteiger partial charge is 0.279 e. The van der Waals surface area contributed by atoms with Crippen molar-refractivity contribution in [2.75, 3.05) is 33.3 Å². The molecular weight excluding hydrogens is 434 g/mol. The lowest BCUT2D eigenvalue weighted by Crippen LogP contribution is -2.44. The zero-order valence-corrected chi connectivity index (χ0v) is 19.4. The Kier molecular flexibility index (Phi) is 7.22. The lowest BCUT2D eigenvalue weighted by atomic mass is 10.1. The number of carbonyl (C=O) groups excluding carboxylic acids is 2. The molecule has 0 aliphatic carbocycles. The van der Waals surface area contributed by atoms with Crippen LogP contribution in [0.3, 0.4) is 0 Å². The Morgan fingerprint density at radius 3 is 2.53 bits per heavy atom. The van der Waals surface area contributed by atoms with E-state index < -0.39 is 5.91 Å². The molecule has 2 amide bonds. The fourth-order valence-corrected chi connectivity index (χ4v) is 4.34. The number of likely N-dealkylation sites (tertiary alicyclic amines) is 1. The van der Waals surface area contributed by atoms with Crippen molar-refractivity contribution < 1.29 is 14.3 Å². The van der Waals surface area contributed by atoms with Crippen LogP contribution in [-0.4, -0.2) is 65.8 Å². The van der Waals surface area contributed by atoms with E-state index in [2.05, 4.69) is 27.6 Å². The summed E-state index contributed by atoms with van der Waals surface area (Å²) in [6, 6.07) is 14.0. The summed E-state index contributed by atoms with van der Waals surface area (Å²) in [5.41, 5.74) is 0.235. The van der Waals surface area contributed by atoms with Gasteiger partial charge in [0.25, 0.3) is 11.5 Å². The normalized spacial score (nSPS) is 15.9. The first kappa shape index (κ1) is 23.4. The first-order valence-electron chi connectivity index (χ1n) is 11.5. The molecular formula is C25H29N5O4. The van der Waals surface area contributed by atoms with Gasteiger partial charge in [0, 0.05) is 18.0 Å². The van der Waals surface area contributed by atoms with E-state index in [1.807, 2.05) is 0 Å². The van der Waals surface area contributed by atoms with Crippen LogP contribution >= 0.6 is 0 Å². The van der Waals surface area contributed by atoms with Crippen LogP contribution in [0.15, 0.2) is 53.3 Å². The quantitative estimate of drug-likeness (QED) is 0.527. The first-order valence-corrected chi connectivity index (χ1v) is 11.5. The standard InChI is InChI=1S/C25H29N5O4/c1-3-29-14-6-7-18(29)15-26-22(31)16-27-24(32)23-20-8-4-5-9-21(20)25(33)30(28-23)17-10-12-19(34-2)13-11-17/h4-5,8-13,18H,3,6-7,14-16H2,1-2H3,(H,26,31)(H,27,32)/t18-/m0/s1. The topological polar surface area (TPSA) is 106 Å². The molecule has 178 valence electrons. The van der Waals surface area contributed by atoms with Crippen molar-refractivity contribution in [3.8, 4) is 11.4 Å². The highest BCUT2D eigenvalue weighted by atomic mass is 16.5. The number of nitrogens with one attached hydrogen (secondary N) is 2. The average Bonchev–Trinajstić information content (AvgIpc) is 3.34. The van der Waals surface area contributed by atoms with Crippen molar-refractivity contribution in [3.63, 3.8) is 0 Å². The van der Waals surface area contributed by atoms with Gasteiger partial charge < -0.3 is 15.4 Å². The van der Waals surface area contributed by atoms with Crippen molar-refractivity contribution in [1.29, 1.82) is 0 Å². The number of methoxy groups -OCH3 is 1. The molecule has 0 spiro atoms. The maximum Gasteiger partial charge on any atom is 0.279 e. The van der Waals surface area contributed by atoms with Gasteiger partial charge in [-0.25, -0.2) is 0 Å². The Morgan fingerprint density at radius 2 is 1.82 bits per heavy atom. The van der Waals surface area contributed by atoms with Gasteiger partial charge in [-0.05, 0) is 56.3 Å². The lowest BCUT2D eigenvalue weighted by molar-refractivity contribution is -0.120. The molecule has 1 fully saturated rings. The Hall–Kier alpha value is -3.72. The molecule has 0 saturated carbocycles. The second kappa shape index (κ2) is 10.5. The minimum Gasteiger partial charge on any atom is -0.497 e. The van der Waals surface area contributed by atoms with Crippen LogP contribution in [0.2, 0.25) is 0 Å². The third-order valence-electron chi connectivity index (χ3n) is 6.19. The van der Waals surface area contributed by atoms with Crippen molar-refractivity contribution in [2.24, 2.45) is 0 Å². The van der Waals surface area contributed by atoms with Crippen LogP contribution in [-0.2, 0) is 4.79 Å². The van der Waals surface area contributed by atoms with Gasteiger partial charge in [0.1, 0.15) is 5.75 Å². The zero-order valence-electron chi connectivity index (χ0n) is 19.4. The van der Waals surface area contributed by atoms with Crippen LogP contribution < -0.4 is 20.9 Å². The SMILES string of the molecule is CCN1CCC[C@H]1CNC(=O)CNC(=O)c1nn(-c2ccc(OC)cc2)c(=O)c2ccccc12. The number of ether oxygens (including phenoxy) is 1. The van der Waals surface area contributed by atoms with Crippen molar-refractivity contribution >= 4 is 22.6 Å². The Balaban J connectivity index is 1.52. The van der Waals surface area contributed by atoms with E-state index in [4.69, 9.17) is 4.74 Å². The highest BCUT2D eigenvalue weighted by Gasteiger charge is 2.23. The number of rotatable bonds is 8. The summed E-state index contributed by atoms with van der Waals surface area (Å²) in [5.74, 6) is -0.144. The van der Waals surface area contributed by atoms with Gasteiger partial charge in [-0.2, -0.15) is 9.78 Å². The number of nitrogens with zero attached hydrogens (tertiary/aromatic N) is 3. The monoisotopic (exact) mass is 463 g/mol. The van der Waals surface area contributed by atoms with Gasteiger partial charge in [-0.1, -0.05) is 25.1 Å². The number of benzene rings is 2. The number of fused-ring (bicyclic) bond motifs is 1. The van der Waals surface area contributed by atoms with Crippen LogP contribution in [0.25, 0.3) is 16.5 Å².